The van der Waals surface area contributed by atoms with E-state index in [1.54, 1.807) is 11.8 Å². The molecule has 0 radical (unpaired) electrons. The van der Waals surface area contributed by atoms with Crippen LogP contribution in [-0.4, -0.2) is 41.3 Å². The molecule has 1 saturated heterocycles. The van der Waals surface area contributed by atoms with Crippen molar-refractivity contribution in [2.24, 2.45) is 5.41 Å². The van der Waals surface area contributed by atoms with Crippen LogP contribution in [0.5, 0.6) is 0 Å². The van der Waals surface area contributed by atoms with Crippen LogP contribution in [0.1, 0.15) is 47.5 Å². The van der Waals surface area contributed by atoms with E-state index in [1.807, 2.05) is 20.8 Å². The summed E-state index contributed by atoms with van der Waals surface area (Å²) in [7, 11) is 0. The molecule has 0 N–H and O–H groups in total. The molecule has 0 bridgehead atoms. The van der Waals surface area contributed by atoms with Crippen LogP contribution < -0.4 is 0 Å². The van der Waals surface area contributed by atoms with Crippen molar-refractivity contribution in [2.75, 3.05) is 6.61 Å². The van der Waals surface area contributed by atoms with Crippen molar-refractivity contribution >= 4 is 12.1 Å². The van der Waals surface area contributed by atoms with Crippen LogP contribution in [0.2, 0.25) is 0 Å². The Labute approximate surface area is 114 Å². The summed E-state index contributed by atoms with van der Waals surface area (Å²) < 4.78 is 10.5. The molecule has 0 aromatic rings. The first-order chi connectivity index (χ1) is 8.68. The van der Waals surface area contributed by atoms with Gasteiger partial charge in [-0.15, -0.1) is 0 Å². The molecule has 2 fully saturated rings. The number of piperidine rings is 1. The van der Waals surface area contributed by atoms with Crippen LogP contribution in [0.3, 0.4) is 0 Å². The van der Waals surface area contributed by atoms with Gasteiger partial charge in [0.15, 0.2) is 0 Å². The first-order valence-electron chi connectivity index (χ1n) is 6.86. The number of amides is 1. The zero-order valence-electron chi connectivity index (χ0n) is 12.4. The van der Waals surface area contributed by atoms with Gasteiger partial charge in [-0.25, -0.2) is 9.59 Å². The van der Waals surface area contributed by atoms with Crippen molar-refractivity contribution in [1.82, 2.24) is 4.90 Å². The second kappa shape index (κ2) is 4.39. The molecule has 0 unspecified atom stereocenters. The van der Waals surface area contributed by atoms with Gasteiger partial charge in [0, 0.05) is 6.04 Å². The van der Waals surface area contributed by atoms with E-state index in [0.29, 0.717) is 13.0 Å². The predicted molar refractivity (Wildman–Crippen MR) is 69.6 cm³/mol. The zero-order chi connectivity index (χ0) is 14.4. The molecule has 1 aliphatic carbocycles. The second-order valence-electron chi connectivity index (χ2n) is 6.73. The van der Waals surface area contributed by atoms with Gasteiger partial charge in [0.05, 0.1) is 6.61 Å². The molecule has 1 saturated carbocycles. The fourth-order valence-corrected chi connectivity index (χ4v) is 2.80. The molecule has 1 amide bonds. The van der Waals surface area contributed by atoms with Gasteiger partial charge < -0.3 is 9.47 Å². The summed E-state index contributed by atoms with van der Waals surface area (Å²) in [5.41, 5.74) is -0.488. The van der Waals surface area contributed by atoms with Gasteiger partial charge >= 0.3 is 12.1 Å². The second-order valence-corrected chi connectivity index (χ2v) is 6.73. The largest absolute Gasteiger partial charge is 0.464 e. The lowest BCUT2D eigenvalue weighted by atomic mass is 10.0. The molecule has 19 heavy (non-hydrogen) atoms. The van der Waals surface area contributed by atoms with Crippen LogP contribution >= 0.6 is 0 Å². The zero-order valence-corrected chi connectivity index (χ0v) is 12.4. The molecule has 1 aliphatic heterocycles. The van der Waals surface area contributed by atoms with Crippen LogP contribution in [0.15, 0.2) is 0 Å². The Bertz CT molecular complexity index is 401. The maximum absolute atomic E-state index is 12.3. The number of hydrogen-bond acceptors (Lipinski definition) is 4. The first-order valence-corrected chi connectivity index (χ1v) is 6.86. The number of hydrogen-bond donors (Lipinski definition) is 0. The van der Waals surface area contributed by atoms with Gasteiger partial charge in [-0.05, 0) is 46.0 Å². The Balaban J connectivity index is 2.11. The maximum Gasteiger partial charge on any atom is 0.411 e. The van der Waals surface area contributed by atoms with Crippen LogP contribution in [-0.2, 0) is 14.3 Å². The highest BCUT2D eigenvalue weighted by Gasteiger charge is 2.65. The molecular formula is C14H23NO4. The summed E-state index contributed by atoms with van der Waals surface area (Å²) in [6.07, 6.45) is 1.22. The first kappa shape index (κ1) is 14.2. The van der Waals surface area contributed by atoms with Crippen molar-refractivity contribution in [3.8, 4) is 0 Å². The van der Waals surface area contributed by atoms with Gasteiger partial charge in [0.2, 0.25) is 0 Å². The summed E-state index contributed by atoms with van der Waals surface area (Å²) in [6, 6.07) is -0.365. The fourth-order valence-electron chi connectivity index (χ4n) is 2.80. The smallest absolute Gasteiger partial charge is 0.411 e. The minimum absolute atomic E-state index is 0.0638. The average molecular weight is 269 g/mol. The molecule has 1 heterocycles. The highest BCUT2D eigenvalue weighted by molar-refractivity contribution is 5.83. The lowest BCUT2D eigenvalue weighted by Gasteiger charge is -2.29. The number of likely N-dealkylation sites (tertiary alicyclic amines) is 1. The summed E-state index contributed by atoms with van der Waals surface area (Å²) in [5.74, 6) is -0.318. The quantitative estimate of drug-likeness (QED) is 0.722. The van der Waals surface area contributed by atoms with Crippen LogP contribution in [0, 0.1) is 5.41 Å². The van der Waals surface area contributed by atoms with E-state index >= 15 is 0 Å². The molecule has 5 heteroatoms. The van der Waals surface area contributed by atoms with Crippen molar-refractivity contribution in [3.63, 3.8) is 0 Å². The topological polar surface area (TPSA) is 55.8 Å². The van der Waals surface area contributed by atoms with E-state index in [-0.39, 0.29) is 17.4 Å². The minimum atomic E-state index is -0.551. The van der Waals surface area contributed by atoms with Gasteiger partial charge in [-0.3, -0.25) is 4.90 Å². The minimum Gasteiger partial charge on any atom is -0.464 e. The standard InChI is InChI=1S/C14H23NO4/c1-6-18-11(16)9-7-14(5)8-10(14)15(9)12(17)19-13(2,3)4/h9-10H,6-8H2,1-5H3/t9-,10-,14+/m0/s1. The van der Waals surface area contributed by atoms with Crippen LogP contribution in [0.4, 0.5) is 4.79 Å². The van der Waals surface area contributed by atoms with Crippen LogP contribution in [0.25, 0.3) is 0 Å². The molecule has 3 atom stereocenters. The number of nitrogens with zero attached hydrogens (tertiary/aromatic N) is 1. The SMILES string of the molecule is CCOC(=O)[C@@H]1C[C@]2(C)C[C@@H]2N1C(=O)OC(C)(C)C. The van der Waals surface area contributed by atoms with E-state index < -0.39 is 17.7 Å². The summed E-state index contributed by atoms with van der Waals surface area (Å²) in [4.78, 5) is 25.8. The molecular weight excluding hydrogens is 246 g/mol. The summed E-state index contributed by atoms with van der Waals surface area (Å²) >= 11 is 0. The lowest BCUT2D eigenvalue weighted by molar-refractivity contribution is -0.149. The number of carbonyl (C=O) groups is 2. The third-order valence-corrected chi connectivity index (χ3v) is 3.80. The molecule has 0 aromatic heterocycles. The lowest BCUT2D eigenvalue weighted by Crippen LogP contribution is -2.46. The molecule has 5 nitrogen and oxygen atoms in total. The normalized spacial score (nSPS) is 32.8. The summed E-state index contributed by atoms with van der Waals surface area (Å²) in [5, 5.41) is 0. The highest BCUT2D eigenvalue weighted by atomic mass is 16.6. The molecule has 108 valence electrons. The Morgan fingerprint density at radius 3 is 2.47 bits per heavy atom. The van der Waals surface area contributed by atoms with Gasteiger partial charge in [-0.1, -0.05) is 6.92 Å². The molecule has 0 spiro atoms. The maximum atomic E-state index is 12.3. The van der Waals surface area contributed by atoms with E-state index in [2.05, 4.69) is 6.92 Å². The fraction of sp³-hybridized carbons (Fsp3) is 0.857. The summed E-state index contributed by atoms with van der Waals surface area (Å²) in [6.45, 7) is 9.69. The Kier molecular flexibility index (Phi) is 3.27. The Hall–Kier alpha value is -1.26. The number of carbonyl (C=O) groups excluding carboxylic acids is 2. The van der Waals surface area contributed by atoms with Gasteiger partial charge in [-0.2, -0.15) is 0 Å². The number of ether oxygens (including phenoxy) is 2. The highest BCUT2D eigenvalue weighted by Crippen LogP contribution is 2.59. The van der Waals surface area contributed by atoms with E-state index in [1.165, 1.54) is 0 Å². The molecule has 2 rings (SSSR count). The number of rotatable bonds is 2. The number of fused-ring (bicyclic) bond motifs is 1. The third kappa shape index (κ3) is 2.69. The van der Waals surface area contributed by atoms with Crippen molar-refractivity contribution in [2.45, 2.75) is 65.1 Å². The third-order valence-electron chi connectivity index (χ3n) is 3.80. The van der Waals surface area contributed by atoms with E-state index in [4.69, 9.17) is 9.47 Å². The van der Waals surface area contributed by atoms with E-state index in [0.717, 1.165) is 6.42 Å². The van der Waals surface area contributed by atoms with Crippen molar-refractivity contribution < 1.29 is 19.1 Å². The van der Waals surface area contributed by atoms with Gasteiger partial charge in [0.25, 0.3) is 0 Å². The van der Waals surface area contributed by atoms with Gasteiger partial charge in [0.1, 0.15) is 11.6 Å². The average Bonchev–Trinajstić information content (AvgIpc) is 2.78. The van der Waals surface area contributed by atoms with Crippen molar-refractivity contribution in [3.05, 3.63) is 0 Å². The predicted octanol–water partition coefficient (Wildman–Crippen LogP) is 2.34. The number of esters is 1. The van der Waals surface area contributed by atoms with Crippen molar-refractivity contribution in [1.29, 1.82) is 0 Å². The molecule has 0 aromatic carbocycles. The molecule has 2 aliphatic rings. The Morgan fingerprint density at radius 1 is 1.32 bits per heavy atom. The van der Waals surface area contributed by atoms with E-state index in [9.17, 15) is 9.59 Å². The monoisotopic (exact) mass is 269 g/mol. The Morgan fingerprint density at radius 2 is 1.95 bits per heavy atom.